The highest BCUT2D eigenvalue weighted by Crippen LogP contribution is 2.17. The van der Waals surface area contributed by atoms with Crippen molar-refractivity contribution in [2.24, 2.45) is 0 Å². The van der Waals surface area contributed by atoms with Crippen LogP contribution in [-0.2, 0) is 4.79 Å². The van der Waals surface area contributed by atoms with Gasteiger partial charge in [0.05, 0.1) is 6.20 Å². The van der Waals surface area contributed by atoms with Gasteiger partial charge in [-0.3, -0.25) is 4.79 Å². The average molecular weight is 290 g/mol. The number of carbonyl (C=O) groups excluding carboxylic acids is 1. The van der Waals surface area contributed by atoms with Crippen LogP contribution in [0.4, 0.5) is 10.1 Å². The molecule has 0 saturated heterocycles. The summed E-state index contributed by atoms with van der Waals surface area (Å²) in [6, 6.07) is 3.93. The van der Waals surface area contributed by atoms with Crippen molar-refractivity contribution in [1.82, 2.24) is 5.16 Å². The summed E-state index contributed by atoms with van der Waals surface area (Å²) in [6.07, 6.45) is 3.23. The average Bonchev–Trinajstić information content (AvgIpc) is 2.84. The zero-order valence-corrected chi connectivity index (χ0v) is 11.0. The third kappa shape index (κ3) is 3.53. The topological polar surface area (TPSA) is 92.4 Å². The summed E-state index contributed by atoms with van der Waals surface area (Å²) in [6.45, 7) is 1.59. The van der Waals surface area contributed by atoms with Crippen LogP contribution in [0.1, 0.15) is 21.7 Å². The number of halogens is 1. The lowest BCUT2D eigenvalue weighted by Gasteiger charge is -2.05. The Kier molecular flexibility index (Phi) is 4.13. The molecule has 1 aromatic carbocycles. The number of aliphatic carboxylic acids is 1. The van der Waals surface area contributed by atoms with Crippen molar-refractivity contribution in [3.05, 3.63) is 53.2 Å². The van der Waals surface area contributed by atoms with E-state index in [2.05, 4.69) is 10.5 Å². The predicted molar refractivity (Wildman–Crippen MR) is 72.3 cm³/mol. The maximum absolute atomic E-state index is 13.7. The summed E-state index contributed by atoms with van der Waals surface area (Å²) < 4.78 is 18.5. The first-order valence-corrected chi connectivity index (χ1v) is 5.90. The fraction of sp³-hybridized carbons (Fsp3) is 0.0714. The summed E-state index contributed by atoms with van der Waals surface area (Å²) in [4.78, 5) is 22.3. The van der Waals surface area contributed by atoms with Gasteiger partial charge in [0.15, 0.2) is 0 Å². The van der Waals surface area contributed by atoms with Gasteiger partial charge in [0.1, 0.15) is 17.1 Å². The Morgan fingerprint density at radius 2 is 2.19 bits per heavy atom. The highest BCUT2D eigenvalue weighted by Gasteiger charge is 2.13. The van der Waals surface area contributed by atoms with Gasteiger partial charge < -0.3 is 14.9 Å². The van der Waals surface area contributed by atoms with E-state index in [4.69, 9.17) is 9.63 Å². The molecule has 1 amide bonds. The van der Waals surface area contributed by atoms with Crippen LogP contribution in [0.25, 0.3) is 6.08 Å². The number of rotatable bonds is 4. The van der Waals surface area contributed by atoms with Crippen LogP contribution < -0.4 is 5.32 Å². The molecule has 2 rings (SSSR count). The Labute approximate surface area is 118 Å². The predicted octanol–water partition coefficient (Wildman–Crippen LogP) is 2.47. The third-order valence-corrected chi connectivity index (χ3v) is 2.66. The van der Waals surface area contributed by atoms with Gasteiger partial charge in [-0.15, -0.1) is 0 Å². The molecular formula is C14H11FN2O4. The SMILES string of the molecule is Cc1oncc1C(=O)Nc1ccc(C=CC(=O)O)c(F)c1. The van der Waals surface area contributed by atoms with E-state index < -0.39 is 17.7 Å². The molecule has 21 heavy (non-hydrogen) atoms. The van der Waals surface area contributed by atoms with Gasteiger partial charge in [-0.25, -0.2) is 9.18 Å². The van der Waals surface area contributed by atoms with Gasteiger partial charge in [0.2, 0.25) is 0 Å². The lowest BCUT2D eigenvalue weighted by atomic mass is 10.1. The van der Waals surface area contributed by atoms with E-state index in [-0.39, 0.29) is 16.8 Å². The summed E-state index contributed by atoms with van der Waals surface area (Å²) >= 11 is 0. The molecule has 0 fully saturated rings. The van der Waals surface area contributed by atoms with Gasteiger partial charge in [-0.2, -0.15) is 0 Å². The Balaban J connectivity index is 2.15. The fourth-order valence-electron chi connectivity index (χ4n) is 1.62. The highest BCUT2D eigenvalue weighted by atomic mass is 19.1. The molecule has 6 nitrogen and oxygen atoms in total. The molecule has 1 aromatic heterocycles. The van der Waals surface area contributed by atoms with Crippen molar-refractivity contribution < 1.29 is 23.6 Å². The van der Waals surface area contributed by atoms with E-state index in [0.717, 1.165) is 18.2 Å². The molecule has 7 heteroatoms. The number of amides is 1. The second kappa shape index (κ2) is 6.00. The second-order valence-electron chi connectivity index (χ2n) is 4.16. The maximum atomic E-state index is 13.7. The van der Waals surface area contributed by atoms with Crippen LogP contribution in [0.3, 0.4) is 0 Å². The van der Waals surface area contributed by atoms with Crippen molar-refractivity contribution >= 4 is 23.6 Å². The fourth-order valence-corrected chi connectivity index (χ4v) is 1.62. The maximum Gasteiger partial charge on any atom is 0.328 e. The van der Waals surface area contributed by atoms with Crippen LogP contribution in [0.2, 0.25) is 0 Å². The number of benzene rings is 1. The van der Waals surface area contributed by atoms with E-state index in [9.17, 15) is 14.0 Å². The third-order valence-electron chi connectivity index (χ3n) is 2.66. The minimum absolute atomic E-state index is 0.108. The largest absolute Gasteiger partial charge is 0.478 e. The van der Waals surface area contributed by atoms with E-state index >= 15 is 0 Å². The first-order valence-electron chi connectivity index (χ1n) is 5.90. The molecule has 0 aliphatic rings. The van der Waals surface area contributed by atoms with Gasteiger partial charge in [-0.1, -0.05) is 5.16 Å². The van der Waals surface area contributed by atoms with Crippen LogP contribution >= 0.6 is 0 Å². The number of hydrogen-bond acceptors (Lipinski definition) is 4. The molecular weight excluding hydrogens is 279 g/mol. The summed E-state index contributed by atoms with van der Waals surface area (Å²) in [5.74, 6) is -1.93. The Morgan fingerprint density at radius 3 is 2.76 bits per heavy atom. The normalized spacial score (nSPS) is 10.8. The minimum Gasteiger partial charge on any atom is -0.478 e. The molecule has 1 heterocycles. The lowest BCUT2D eigenvalue weighted by molar-refractivity contribution is -0.131. The molecule has 2 N–H and O–H groups in total. The molecule has 108 valence electrons. The molecule has 0 bridgehead atoms. The number of nitrogens with one attached hydrogen (secondary N) is 1. The Hall–Kier alpha value is -2.96. The summed E-state index contributed by atoms with van der Waals surface area (Å²) in [7, 11) is 0. The molecule has 0 aliphatic carbocycles. The van der Waals surface area contributed by atoms with Crippen LogP contribution in [0.15, 0.2) is 35.0 Å². The number of aromatic nitrogens is 1. The van der Waals surface area contributed by atoms with E-state index in [1.54, 1.807) is 6.92 Å². The zero-order valence-electron chi connectivity index (χ0n) is 11.0. The highest BCUT2D eigenvalue weighted by molar-refractivity contribution is 6.04. The summed E-state index contributed by atoms with van der Waals surface area (Å²) in [5.41, 5.74) is 0.604. The Morgan fingerprint density at radius 1 is 1.43 bits per heavy atom. The first-order chi connectivity index (χ1) is 9.97. The quantitative estimate of drug-likeness (QED) is 0.844. The molecule has 0 spiro atoms. The molecule has 0 unspecified atom stereocenters. The van der Waals surface area contributed by atoms with Crippen molar-refractivity contribution in [3.63, 3.8) is 0 Å². The Bertz CT molecular complexity index is 722. The van der Waals surface area contributed by atoms with Gasteiger partial charge in [0, 0.05) is 17.3 Å². The van der Waals surface area contributed by atoms with E-state index in [0.29, 0.717) is 5.76 Å². The monoisotopic (exact) mass is 290 g/mol. The van der Waals surface area contributed by atoms with Crippen LogP contribution in [0.5, 0.6) is 0 Å². The number of hydrogen-bond donors (Lipinski definition) is 2. The van der Waals surface area contributed by atoms with E-state index in [1.807, 2.05) is 0 Å². The standard InChI is InChI=1S/C14H11FN2O4/c1-8-11(7-16-21-8)14(20)17-10-4-2-9(12(15)6-10)3-5-13(18)19/h2-7H,1H3,(H,17,20)(H,18,19). The number of carboxylic acids is 1. The van der Waals surface area contributed by atoms with E-state index in [1.165, 1.54) is 18.3 Å². The van der Waals surface area contributed by atoms with Crippen LogP contribution in [-0.4, -0.2) is 22.1 Å². The minimum atomic E-state index is -1.17. The molecule has 2 aromatic rings. The summed E-state index contributed by atoms with van der Waals surface area (Å²) in [5, 5.41) is 14.5. The second-order valence-corrected chi connectivity index (χ2v) is 4.16. The molecule has 0 saturated carbocycles. The number of anilines is 1. The van der Waals surface area contributed by atoms with Gasteiger partial charge in [-0.05, 0) is 31.2 Å². The van der Waals surface area contributed by atoms with Gasteiger partial charge >= 0.3 is 5.97 Å². The van der Waals surface area contributed by atoms with Crippen LogP contribution in [0, 0.1) is 12.7 Å². The van der Waals surface area contributed by atoms with Crippen molar-refractivity contribution in [2.75, 3.05) is 5.32 Å². The number of nitrogens with zero attached hydrogens (tertiary/aromatic N) is 1. The van der Waals surface area contributed by atoms with Crippen molar-refractivity contribution in [3.8, 4) is 0 Å². The number of carbonyl (C=O) groups is 2. The van der Waals surface area contributed by atoms with Crippen molar-refractivity contribution in [1.29, 1.82) is 0 Å². The van der Waals surface area contributed by atoms with Crippen molar-refractivity contribution in [2.45, 2.75) is 6.92 Å². The lowest BCUT2D eigenvalue weighted by Crippen LogP contribution is -2.12. The van der Waals surface area contributed by atoms with Gasteiger partial charge in [0.25, 0.3) is 5.91 Å². The first kappa shape index (κ1) is 14.4. The number of aryl methyl sites for hydroxylation is 1. The molecule has 0 atom stereocenters. The number of carboxylic acid groups (broad SMARTS) is 1. The molecule has 0 aliphatic heterocycles. The molecule has 0 radical (unpaired) electrons. The zero-order chi connectivity index (χ0) is 15.4. The smallest absolute Gasteiger partial charge is 0.328 e.